The molecule has 3 aromatic heterocycles. The van der Waals surface area contributed by atoms with Gasteiger partial charge in [-0.25, -0.2) is 0 Å². The van der Waals surface area contributed by atoms with Gasteiger partial charge in [0, 0.05) is 0 Å². The SMILES string of the molecule is O=C(NCc1ccc(-c2cccs2)o1)c1ccc(Br)o1. The molecule has 0 spiro atoms. The molecule has 20 heavy (non-hydrogen) atoms. The number of furan rings is 2. The first-order chi connectivity index (χ1) is 9.72. The molecule has 0 fully saturated rings. The summed E-state index contributed by atoms with van der Waals surface area (Å²) in [5.41, 5.74) is 0. The van der Waals surface area contributed by atoms with Crippen LogP contribution in [-0.2, 0) is 6.54 Å². The Kier molecular flexibility index (Phi) is 3.75. The molecule has 0 aliphatic heterocycles. The first-order valence-electron chi connectivity index (χ1n) is 5.88. The fraction of sp³-hybridized carbons (Fsp3) is 0.0714. The van der Waals surface area contributed by atoms with Crippen LogP contribution >= 0.6 is 27.3 Å². The Morgan fingerprint density at radius 2 is 2.10 bits per heavy atom. The fourth-order valence-electron chi connectivity index (χ4n) is 1.71. The molecule has 0 aliphatic carbocycles. The van der Waals surface area contributed by atoms with E-state index in [4.69, 9.17) is 8.83 Å². The number of carbonyl (C=O) groups excluding carboxylic acids is 1. The standard InChI is InChI=1S/C14H10BrNO3S/c15-13-6-5-11(19-13)14(17)16-8-9-3-4-10(18-9)12-2-1-7-20-12/h1-7H,8H2,(H,16,17). The van der Waals surface area contributed by atoms with Crippen molar-refractivity contribution in [1.82, 2.24) is 5.32 Å². The monoisotopic (exact) mass is 351 g/mol. The van der Waals surface area contributed by atoms with Gasteiger partial charge in [0.15, 0.2) is 10.4 Å². The topological polar surface area (TPSA) is 55.4 Å². The van der Waals surface area contributed by atoms with Gasteiger partial charge in [0.2, 0.25) is 0 Å². The van der Waals surface area contributed by atoms with Crippen molar-refractivity contribution in [3.8, 4) is 10.6 Å². The summed E-state index contributed by atoms with van der Waals surface area (Å²) < 4.78 is 11.4. The van der Waals surface area contributed by atoms with Gasteiger partial charge >= 0.3 is 0 Å². The van der Waals surface area contributed by atoms with Gasteiger partial charge in [-0.05, 0) is 51.6 Å². The predicted molar refractivity (Wildman–Crippen MR) is 79.6 cm³/mol. The van der Waals surface area contributed by atoms with Crippen LogP contribution < -0.4 is 5.32 Å². The van der Waals surface area contributed by atoms with Gasteiger partial charge in [0.25, 0.3) is 5.91 Å². The first-order valence-corrected chi connectivity index (χ1v) is 7.56. The van der Waals surface area contributed by atoms with Gasteiger partial charge < -0.3 is 14.2 Å². The van der Waals surface area contributed by atoms with Crippen LogP contribution in [0.1, 0.15) is 16.3 Å². The van der Waals surface area contributed by atoms with Gasteiger partial charge in [-0.3, -0.25) is 4.79 Å². The zero-order valence-electron chi connectivity index (χ0n) is 10.3. The minimum Gasteiger partial charge on any atom is -0.458 e. The van der Waals surface area contributed by atoms with Gasteiger partial charge in [-0.1, -0.05) is 6.07 Å². The van der Waals surface area contributed by atoms with Crippen molar-refractivity contribution in [3.63, 3.8) is 0 Å². The summed E-state index contributed by atoms with van der Waals surface area (Å²) in [7, 11) is 0. The van der Waals surface area contributed by atoms with Crippen LogP contribution in [0.3, 0.4) is 0 Å². The summed E-state index contributed by atoms with van der Waals surface area (Å²) in [6, 6.07) is 11.0. The molecule has 0 saturated heterocycles. The van der Waals surface area contributed by atoms with E-state index in [1.807, 2.05) is 29.6 Å². The zero-order chi connectivity index (χ0) is 13.9. The highest BCUT2D eigenvalue weighted by Crippen LogP contribution is 2.26. The zero-order valence-corrected chi connectivity index (χ0v) is 12.7. The molecule has 0 bridgehead atoms. The second kappa shape index (κ2) is 5.68. The summed E-state index contributed by atoms with van der Waals surface area (Å²) in [5.74, 6) is 1.50. The normalized spacial score (nSPS) is 10.7. The van der Waals surface area contributed by atoms with Crippen molar-refractivity contribution in [2.75, 3.05) is 0 Å². The molecule has 0 saturated carbocycles. The van der Waals surface area contributed by atoms with Crippen LogP contribution in [0.5, 0.6) is 0 Å². The lowest BCUT2D eigenvalue weighted by molar-refractivity contribution is 0.0919. The first kappa shape index (κ1) is 13.2. The Bertz CT molecular complexity index is 714. The minimum atomic E-state index is -0.273. The average Bonchev–Trinajstić information content (AvgIpc) is 3.16. The third-order valence-electron chi connectivity index (χ3n) is 2.65. The van der Waals surface area contributed by atoms with Gasteiger partial charge in [0.05, 0.1) is 11.4 Å². The highest BCUT2D eigenvalue weighted by atomic mass is 79.9. The molecule has 0 unspecified atom stereocenters. The molecule has 0 aliphatic rings. The third-order valence-corrected chi connectivity index (χ3v) is 3.96. The van der Waals surface area contributed by atoms with Gasteiger partial charge in [0.1, 0.15) is 11.5 Å². The summed E-state index contributed by atoms with van der Waals surface area (Å²) in [6.07, 6.45) is 0. The summed E-state index contributed by atoms with van der Waals surface area (Å²) in [6.45, 7) is 0.322. The van der Waals surface area contributed by atoms with Gasteiger partial charge in [-0.15, -0.1) is 11.3 Å². The molecule has 102 valence electrons. The molecule has 0 radical (unpaired) electrons. The van der Waals surface area contributed by atoms with E-state index >= 15 is 0 Å². The maximum absolute atomic E-state index is 11.8. The van der Waals surface area contributed by atoms with E-state index in [0.717, 1.165) is 10.6 Å². The lowest BCUT2D eigenvalue weighted by atomic mass is 10.3. The molecular formula is C14H10BrNO3S. The van der Waals surface area contributed by atoms with Crippen molar-refractivity contribution in [2.24, 2.45) is 0 Å². The van der Waals surface area contributed by atoms with Crippen LogP contribution in [0.2, 0.25) is 0 Å². The number of carbonyl (C=O) groups is 1. The maximum atomic E-state index is 11.8. The lowest BCUT2D eigenvalue weighted by Crippen LogP contribution is -2.21. The highest BCUT2D eigenvalue weighted by molar-refractivity contribution is 9.10. The molecule has 0 atom stereocenters. The van der Waals surface area contributed by atoms with Crippen molar-refractivity contribution in [2.45, 2.75) is 6.54 Å². The summed E-state index contributed by atoms with van der Waals surface area (Å²) in [4.78, 5) is 12.9. The molecule has 4 nitrogen and oxygen atoms in total. The van der Waals surface area contributed by atoms with Crippen LogP contribution in [0.4, 0.5) is 0 Å². The van der Waals surface area contributed by atoms with Crippen molar-refractivity contribution in [3.05, 3.63) is 58.0 Å². The van der Waals surface area contributed by atoms with Crippen molar-refractivity contribution in [1.29, 1.82) is 0 Å². The Hall–Kier alpha value is -1.79. The van der Waals surface area contributed by atoms with Crippen LogP contribution in [0.15, 0.2) is 55.3 Å². The Morgan fingerprint density at radius 3 is 2.80 bits per heavy atom. The number of thiophene rings is 1. The second-order valence-electron chi connectivity index (χ2n) is 4.03. The molecule has 1 N–H and O–H groups in total. The predicted octanol–water partition coefficient (Wildman–Crippen LogP) is 4.29. The second-order valence-corrected chi connectivity index (χ2v) is 5.76. The smallest absolute Gasteiger partial charge is 0.287 e. The van der Waals surface area contributed by atoms with E-state index in [1.165, 1.54) is 0 Å². The average molecular weight is 352 g/mol. The van der Waals surface area contributed by atoms with E-state index in [1.54, 1.807) is 23.5 Å². The van der Waals surface area contributed by atoms with Crippen LogP contribution in [0, 0.1) is 0 Å². The van der Waals surface area contributed by atoms with E-state index in [-0.39, 0.29) is 11.7 Å². The summed E-state index contributed by atoms with van der Waals surface area (Å²) in [5, 5.41) is 4.74. The maximum Gasteiger partial charge on any atom is 0.287 e. The molecule has 3 heterocycles. The highest BCUT2D eigenvalue weighted by Gasteiger charge is 2.11. The van der Waals surface area contributed by atoms with Crippen LogP contribution in [-0.4, -0.2) is 5.91 Å². The Labute approximate surface area is 127 Å². The lowest BCUT2D eigenvalue weighted by Gasteiger charge is -2.00. The van der Waals surface area contributed by atoms with E-state index < -0.39 is 0 Å². The van der Waals surface area contributed by atoms with Crippen molar-refractivity contribution >= 4 is 33.2 Å². The number of rotatable bonds is 4. The number of hydrogen-bond donors (Lipinski definition) is 1. The quantitative estimate of drug-likeness (QED) is 0.762. The van der Waals surface area contributed by atoms with E-state index in [0.29, 0.717) is 17.0 Å². The number of hydrogen-bond acceptors (Lipinski definition) is 4. The number of amides is 1. The van der Waals surface area contributed by atoms with E-state index in [9.17, 15) is 4.79 Å². The van der Waals surface area contributed by atoms with Crippen molar-refractivity contribution < 1.29 is 13.6 Å². The number of nitrogens with one attached hydrogen (secondary N) is 1. The molecule has 1 amide bonds. The van der Waals surface area contributed by atoms with Crippen LogP contribution in [0.25, 0.3) is 10.6 Å². The summed E-state index contributed by atoms with van der Waals surface area (Å²) >= 11 is 4.77. The molecule has 0 aromatic carbocycles. The van der Waals surface area contributed by atoms with E-state index in [2.05, 4.69) is 21.2 Å². The molecular weight excluding hydrogens is 342 g/mol. The molecule has 6 heteroatoms. The fourth-order valence-corrected chi connectivity index (χ4v) is 2.71. The Balaban J connectivity index is 1.63. The third kappa shape index (κ3) is 2.86. The number of halogens is 1. The molecule has 3 rings (SSSR count). The van der Waals surface area contributed by atoms with Gasteiger partial charge in [-0.2, -0.15) is 0 Å². The largest absolute Gasteiger partial charge is 0.458 e. The molecule has 3 aromatic rings. The minimum absolute atomic E-state index is 0.266. The Morgan fingerprint density at radius 1 is 1.20 bits per heavy atom.